The SMILES string of the molecule is CC(C)(C)OC(=O)c1ccc(F)c(C(F)F)c1Br.OCc1ccc(F)c(C(F)F)c1Br. The van der Waals surface area contributed by atoms with Crippen molar-refractivity contribution < 1.29 is 41.0 Å². The summed E-state index contributed by atoms with van der Waals surface area (Å²) in [5.74, 6) is -2.82. The Morgan fingerprint density at radius 1 is 0.935 bits per heavy atom. The monoisotopic (exact) mass is 578 g/mol. The molecule has 0 aromatic heterocycles. The summed E-state index contributed by atoms with van der Waals surface area (Å²) in [4.78, 5) is 11.7. The lowest BCUT2D eigenvalue weighted by atomic mass is 10.1. The molecule has 0 unspecified atom stereocenters. The number of alkyl halides is 4. The zero-order valence-electron chi connectivity index (χ0n) is 16.5. The highest BCUT2D eigenvalue weighted by atomic mass is 79.9. The van der Waals surface area contributed by atoms with Gasteiger partial charge in [-0.3, -0.25) is 0 Å². The summed E-state index contributed by atoms with van der Waals surface area (Å²) >= 11 is 5.63. The van der Waals surface area contributed by atoms with E-state index in [0.29, 0.717) is 0 Å². The van der Waals surface area contributed by atoms with Crippen LogP contribution in [0.1, 0.15) is 60.7 Å². The molecule has 172 valence electrons. The third kappa shape index (κ3) is 7.50. The fourth-order valence-corrected chi connectivity index (χ4v) is 3.47. The second-order valence-electron chi connectivity index (χ2n) is 7.02. The lowest BCUT2D eigenvalue weighted by molar-refractivity contribution is 0.00679. The number of aliphatic hydroxyl groups is 1. The highest BCUT2D eigenvalue weighted by molar-refractivity contribution is 9.11. The Labute approximate surface area is 191 Å². The third-order valence-electron chi connectivity index (χ3n) is 3.56. The van der Waals surface area contributed by atoms with Gasteiger partial charge < -0.3 is 9.84 Å². The maximum atomic E-state index is 13.2. The smallest absolute Gasteiger partial charge is 0.339 e. The number of halogens is 8. The summed E-state index contributed by atoms with van der Waals surface area (Å²) in [6, 6.07) is 4.11. The molecule has 2 aromatic rings. The topological polar surface area (TPSA) is 46.5 Å². The Bertz CT molecular complexity index is 930. The van der Waals surface area contributed by atoms with Crippen molar-refractivity contribution in [2.45, 2.75) is 45.8 Å². The predicted octanol–water partition coefficient (Wildman–Crippen LogP) is 7.50. The average molecular weight is 580 g/mol. The Kier molecular flexibility index (Phi) is 10.0. The van der Waals surface area contributed by atoms with Crippen LogP contribution in [0.15, 0.2) is 33.2 Å². The lowest BCUT2D eigenvalue weighted by Crippen LogP contribution is -2.24. The van der Waals surface area contributed by atoms with Crippen LogP contribution < -0.4 is 0 Å². The predicted molar refractivity (Wildman–Crippen MR) is 109 cm³/mol. The Hall–Kier alpha value is -1.59. The van der Waals surface area contributed by atoms with Crippen LogP contribution >= 0.6 is 31.9 Å². The first-order chi connectivity index (χ1) is 14.2. The molecule has 0 aliphatic rings. The van der Waals surface area contributed by atoms with Crippen LogP contribution in [0, 0.1) is 11.6 Å². The summed E-state index contributed by atoms with van der Waals surface area (Å²) in [7, 11) is 0. The van der Waals surface area contributed by atoms with Crippen LogP contribution in [-0.2, 0) is 11.3 Å². The van der Waals surface area contributed by atoms with Crippen molar-refractivity contribution in [1.29, 1.82) is 0 Å². The van der Waals surface area contributed by atoms with E-state index in [-0.39, 0.29) is 20.1 Å². The molecule has 0 radical (unpaired) electrons. The van der Waals surface area contributed by atoms with Crippen LogP contribution in [0.4, 0.5) is 26.3 Å². The first-order valence-corrected chi connectivity index (χ1v) is 10.1. The van der Waals surface area contributed by atoms with E-state index in [0.717, 1.165) is 18.2 Å². The highest BCUT2D eigenvalue weighted by Crippen LogP contribution is 2.34. The fraction of sp³-hybridized carbons (Fsp3) is 0.350. The highest BCUT2D eigenvalue weighted by Gasteiger charge is 2.26. The molecule has 11 heteroatoms. The van der Waals surface area contributed by atoms with Gasteiger partial charge in [-0.2, -0.15) is 0 Å². The number of carbonyl (C=O) groups is 1. The van der Waals surface area contributed by atoms with E-state index in [2.05, 4.69) is 31.9 Å². The number of ether oxygens (including phenoxy) is 1. The van der Waals surface area contributed by atoms with Gasteiger partial charge >= 0.3 is 5.97 Å². The van der Waals surface area contributed by atoms with Gasteiger partial charge in [0.2, 0.25) is 0 Å². The molecular weight excluding hydrogens is 562 g/mol. The van der Waals surface area contributed by atoms with Crippen LogP contribution in [0.25, 0.3) is 0 Å². The van der Waals surface area contributed by atoms with Gasteiger partial charge in [0.15, 0.2) is 0 Å². The average Bonchev–Trinajstić information content (AvgIpc) is 2.60. The van der Waals surface area contributed by atoms with E-state index in [4.69, 9.17) is 9.84 Å². The maximum Gasteiger partial charge on any atom is 0.339 e. The minimum absolute atomic E-state index is 0.0648. The van der Waals surface area contributed by atoms with E-state index in [1.807, 2.05) is 0 Å². The number of hydrogen-bond donors (Lipinski definition) is 1. The number of aliphatic hydroxyl groups excluding tert-OH is 1. The van der Waals surface area contributed by atoms with Crippen molar-refractivity contribution in [3.63, 3.8) is 0 Å². The van der Waals surface area contributed by atoms with Gasteiger partial charge in [0.05, 0.1) is 23.3 Å². The van der Waals surface area contributed by atoms with Crippen LogP contribution in [-0.4, -0.2) is 16.7 Å². The standard InChI is InChI=1S/C12H12BrF3O2.C8H6BrF3O/c1-12(2,3)18-11(17)6-4-5-7(14)8(9(6)13)10(15)16;9-7-4(3-13)1-2-5(10)6(7)8(11)12/h4-5,10H,1-3H3;1-2,8,13H,3H2. The third-order valence-corrected chi connectivity index (χ3v) is 5.35. The molecule has 2 aromatic carbocycles. The minimum atomic E-state index is -3.01. The molecule has 0 heterocycles. The quantitative estimate of drug-likeness (QED) is 0.301. The summed E-state index contributed by atoms with van der Waals surface area (Å²) in [5.41, 5.74) is -2.17. The summed E-state index contributed by atoms with van der Waals surface area (Å²) in [6.45, 7) is 4.55. The molecule has 0 saturated heterocycles. The fourth-order valence-electron chi connectivity index (χ4n) is 2.20. The molecule has 0 atom stereocenters. The molecular formula is C20H18Br2F6O3. The van der Waals surface area contributed by atoms with Gasteiger partial charge in [0.1, 0.15) is 17.2 Å². The molecule has 31 heavy (non-hydrogen) atoms. The zero-order valence-corrected chi connectivity index (χ0v) is 19.6. The number of rotatable bonds is 4. The van der Waals surface area contributed by atoms with E-state index < -0.39 is 53.8 Å². The van der Waals surface area contributed by atoms with E-state index in [9.17, 15) is 31.1 Å². The molecule has 3 nitrogen and oxygen atoms in total. The molecule has 0 spiro atoms. The second kappa shape index (κ2) is 11.3. The first-order valence-electron chi connectivity index (χ1n) is 8.56. The summed E-state index contributed by atoms with van der Waals surface area (Å²) in [5, 5.41) is 8.72. The first kappa shape index (κ1) is 27.4. The lowest BCUT2D eigenvalue weighted by Gasteiger charge is -2.20. The molecule has 0 fully saturated rings. The van der Waals surface area contributed by atoms with Crippen molar-refractivity contribution in [3.8, 4) is 0 Å². The Balaban J connectivity index is 0.000000327. The zero-order chi connectivity index (χ0) is 24.1. The number of hydrogen-bond acceptors (Lipinski definition) is 3. The van der Waals surface area contributed by atoms with Crippen LogP contribution in [0.2, 0.25) is 0 Å². The number of carbonyl (C=O) groups excluding carboxylic acids is 1. The van der Waals surface area contributed by atoms with Gasteiger partial charge in [-0.25, -0.2) is 31.1 Å². The van der Waals surface area contributed by atoms with Crippen molar-refractivity contribution in [2.24, 2.45) is 0 Å². The van der Waals surface area contributed by atoms with E-state index in [1.165, 1.54) is 6.07 Å². The minimum Gasteiger partial charge on any atom is -0.456 e. The molecule has 0 amide bonds. The normalized spacial score (nSPS) is 11.4. The van der Waals surface area contributed by atoms with Gasteiger partial charge in [-0.15, -0.1) is 0 Å². The molecule has 2 rings (SSSR count). The van der Waals surface area contributed by atoms with Crippen LogP contribution in [0.5, 0.6) is 0 Å². The Morgan fingerprint density at radius 2 is 1.39 bits per heavy atom. The number of esters is 1. The molecule has 0 aliphatic heterocycles. The van der Waals surface area contributed by atoms with Gasteiger partial charge in [-0.05, 0) is 76.4 Å². The van der Waals surface area contributed by atoms with Crippen molar-refractivity contribution in [1.82, 2.24) is 0 Å². The molecule has 1 N–H and O–H groups in total. The maximum absolute atomic E-state index is 13.2. The second-order valence-corrected chi connectivity index (χ2v) is 8.60. The van der Waals surface area contributed by atoms with E-state index >= 15 is 0 Å². The number of benzene rings is 2. The van der Waals surface area contributed by atoms with Gasteiger partial charge in [-0.1, -0.05) is 6.07 Å². The summed E-state index contributed by atoms with van der Waals surface area (Å²) < 4.78 is 80.6. The van der Waals surface area contributed by atoms with Crippen LogP contribution in [0.3, 0.4) is 0 Å². The van der Waals surface area contributed by atoms with Gasteiger partial charge in [0, 0.05) is 8.95 Å². The van der Waals surface area contributed by atoms with Crippen molar-refractivity contribution >= 4 is 37.8 Å². The van der Waals surface area contributed by atoms with Crippen molar-refractivity contribution in [3.05, 3.63) is 67.1 Å². The largest absolute Gasteiger partial charge is 0.456 e. The molecule has 0 aliphatic carbocycles. The van der Waals surface area contributed by atoms with Crippen molar-refractivity contribution in [2.75, 3.05) is 0 Å². The van der Waals surface area contributed by atoms with Gasteiger partial charge in [0.25, 0.3) is 12.9 Å². The van der Waals surface area contributed by atoms with E-state index in [1.54, 1.807) is 20.8 Å². The molecule has 0 bridgehead atoms. The Morgan fingerprint density at radius 3 is 1.81 bits per heavy atom. The summed E-state index contributed by atoms with van der Waals surface area (Å²) in [6.07, 6.45) is -5.90. The molecule has 0 saturated carbocycles.